The van der Waals surface area contributed by atoms with Gasteiger partial charge in [0.1, 0.15) is 0 Å². The van der Waals surface area contributed by atoms with Crippen molar-refractivity contribution in [3.05, 3.63) is 33.2 Å². The lowest BCUT2D eigenvalue weighted by atomic mass is 10.0. The average molecular weight is 288 g/mol. The monoisotopic (exact) mass is 288 g/mol. The quantitative estimate of drug-likeness (QED) is 0.332. The number of sulfonamides is 1. The zero-order valence-corrected chi connectivity index (χ0v) is 10.5. The van der Waals surface area contributed by atoms with E-state index in [0.717, 1.165) is 6.07 Å². The number of nitrogens with two attached hydrogens (primary N) is 1. The third kappa shape index (κ3) is 3.01. The molecule has 9 nitrogen and oxygen atoms in total. The number of rotatable bonds is 5. The lowest BCUT2D eigenvalue weighted by Gasteiger charge is -2.15. The molecule has 0 radical (unpaired) electrons. The van der Waals surface area contributed by atoms with Crippen LogP contribution in [0.5, 0.6) is 0 Å². The standard InChI is InChI=1S/C9H12N4O5S/c10-13-12-9-5(2-14)1-8(19(11,17)18)6(3-15)7(9)4-16/h1,14-16H,2-4H2,(H2,11,17,18). The molecule has 1 aromatic rings. The number of benzene rings is 1. The van der Waals surface area contributed by atoms with Gasteiger partial charge >= 0.3 is 0 Å². The maximum absolute atomic E-state index is 11.4. The first-order valence-corrected chi connectivity index (χ1v) is 6.53. The summed E-state index contributed by atoms with van der Waals surface area (Å²) in [5.41, 5.74) is 8.06. The third-order valence-corrected chi connectivity index (χ3v) is 3.47. The van der Waals surface area contributed by atoms with Gasteiger partial charge in [-0.05, 0) is 22.7 Å². The van der Waals surface area contributed by atoms with E-state index in [1.807, 2.05) is 0 Å². The minimum absolute atomic E-state index is 0.0110. The molecule has 104 valence electrons. The van der Waals surface area contributed by atoms with E-state index in [2.05, 4.69) is 10.0 Å². The van der Waals surface area contributed by atoms with Gasteiger partial charge in [0.05, 0.1) is 24.7 Å². The van der Waals surface area contributed by atoms with E-state index >= 15 is 0 Å². The Hall–Kier alpha value is -1.68. The number of aliphatic hydroxyl groups is 3. The largest absolute Gasteiger partial charge is 0.392 e. The molecule has 0 saturated heterocycles. The zero-order valence-electron chi connectivity index (χ0n) is 9.68. The second-order valence-corrected chi connectivity index (χ2v) is 5.08. The lowest BCUT2D eigenvalue weighted by Crippen LogP contribution is -2.17. The average Bonchev–Trinajstić information content (AvgIpc) is 2.36. The van der Waals surface area contributed by atoms with Crippen LogP contribution in [-0.4, -0.2) is 23.7 Å². The van der Waals surface area contributed by atoms with E-state index in [4.69, 9.17) is 15.8 Å². The topological polar surface area (TPSA) is 170 Å². The Bertz CT molecular complexity index is 637. The van der Waals surface area contributed by atoms with Crippen LogP contribution in [0, 0.1) is 0 Å². The van der Waals surface area contributed by atoms with Crippen LogP contribution in [0.25, 0.3) is 10.4 Å². The molecule has 19 heavy (non-hydrogen) atoms. The van der Waals surface area contributed by atoms with Gasteiger partial charge in [0.2, 0.25) is 10.0 Å². The Labute approximate surface area is 108 Å². The predicted molar refractivity (Wildman–Crippen MR) is 64.4 cm³/mol. The summed E-state index contributed by atoms with van der Waals surface area (Å²) in [7, 11) is -4.16. The third-order valence-electron chi connectivity index (χ3n) is 2.49. The normalized spacial score (nSPS) is 11.2. The molecule has 0 unspecified atom stereocenters. The predicted octanol–water partition coefficient (Wildman–Crippen LogP) is -0.247. The molecule has 0 aliphatic carbocycles. The van der Waals surface area contributed by atoms with Gasteiger partial charge in [-0.1, -0.05) is 5.11 Å². The Morgan fingerprint density at radius 3 is 2.16 bits per heavy atom. The van der Waals surface area contributed by atoms with Gasteiger partial charge in [-0.25, -0.2) is 13.6 Å². The molecule has 0 aliphatic heterocycles. The molecule has 5 N–H and O–H groups in total. The summed E-state index contributed by atoms with van der Waals surface area (Å²) in [5, 5.41) is 35.9. The minimum atomic E-state index is -4.16. The van der Waals surface area contributed by atoms with Crippen molar-refractivity contribution in [2.45, 2.75) is 24.7 Å². The van der Waals surface area contributed by atoms with E-state index in [1.165, 1.54) is 0 Å². The Kier molecular flexibility index (Phi) is 4.84. The Balaban J connectivity index is 3.86. The summed E-state index contributed by atoms with van der Waals surface area (Å²) >= 11 is 0. The SMILES string of the molecule is [N-]=[N+]=Nc1c(CO)cc(S(N)(=O)=O)c(CO)c1CO. The fourth-order valence-electron chi connectivity index (χ4n) is 1.69. The molecular formula is C9H12N4O5S. The van der Waals surface area contributed by atoms with Crippen LogP contribution in [0.15, 0.2) is 16.1 Å². The second-order valence-electron chi connectivity index (χ2n) is 3.55. The molecule has 10 heteroatoms. The minimum Gasteiger partial charge on any atom is -0.392 e. The highest BCUT2D eigenvalue weighted by Gasteiger charge is 2.21. The van der Waals surface area contributed by atoms with Gasteiger partial charge in [0.25, 0.3) is 0 Å². The molecule has 0 fully saturated rings. The lowest BCUT2D eigenvalue weighted by molar-refractivity contribution is 0.255. The maximum Gasteiger partial charge on any atom is 0.238 e. The van der Waals surface area contributed by atoms with E-state index in [0.29, 0.717) is 0 Å². The molecule has 0 spiro atoms. The highest BCUT2D eigenvalue weighted by atomic mass is 32.2. The summed E-state index contributed by atoms with van der Waals surface area (Å²) in [5.74, 6) is 0. The van der Waals surface area contributed by atoms with Crippen molar-refractivity contribution in [2.75, 3.05) is 0 Å². The Morgan fingerprint density at radius 1 is 1.21 bits per heavy atom. The van der Waals surface area contributed by atoms with Crippen LogP contribution in [0.2, 0.25) is 0 Å². The van der Waals surface area contributed by atoms with Crippen LogP contribution in [0.3, 0.4) is 0 Å². The van der Waals surface area contributed by atoms with E-state index < -0.39 is 34.7 Å². The van der Waals surface area contributed by atoms with Gasteiger partial charge in [-0.3, -0.25) is 0 Å². The smallest absolute Gasteiger partial charge is 0.238 e. The number of nitrogens with zero attached hydrogens (tertiary/aromatic N) is 3. The van der Waals surface area contributed by atoms with Crippen LogP contribution in [-0.2, 0) is 29.8 Å². The van der Waals surface area contributed by atoms with Crippen LogP contribution >= 0.6 is 0 Å². The molecule has 0 aromatic heterocycles. The fraction of sp³-hybridized carbons (Fsp3) is 0.333. The summed E-state index contributed by atoms with van der Waals surface area (Å²) in [6.07, 6.45) is 0. The van der Waals surface area contributed by atoms with Crippen LogP contribution in [0.4, 0.5) is 5.69 Å². The van der Waals surface area contributed by atoms with Gasteiger partial charge in [-0.15, -0.1) is 0 Å². The van der Waals surface area contributed by atoms with Crippen LogP contribution < -0.4 is 5.14 Å². The van der Waals surface area contributed by atoms with Crippen molar-refractivity contribution < 1.29 is 23.7 Å². The van der Waals surface area contributed by atoms with Crippen molar-refractivity contribution in [3.63, 3.8) is 0 Å². The van der Waals surface area contributed by atoms with E-state index in [9.17, 15) is 18.6 Å². The number of primary sulfonamides is 1. The van der Waals surface area contributed by atoms with E-state index in [1.54, 1.807) is 0 Å². The number of hydrogen-bond acceptors (Lipinski definition) is 6. The first-order chi connectivity index (χ1) is 8.90. The van der Waals surface area contributed by atoms with Crippen molar-refractivity contribution in [1.29, 1.82) is 0 Å². The van der Waals surface area contributed by atoms with Crippen molar-refractivity contribution in [3.8, 4) is 0 Å². The second kappa shape index (κ2) is 5.97. The van der Waals surface area contributed by atoms with Crippen molar-refractivity contribution >= 4 is 15.7 Å². The first kappa shape index (κ1) is 15.4. The molecule has 0 saturated carbocycles. The van der Waals surface area contributed by atoms with Crippen LogP contribution in [0.1, 0.15) is 16.7 Å². The Morgan fingerprint density at radius 2 is 1.79 bits per heavy atom. The van der Waals surface area contributed by atoms with Crippen molar-refractivity contribution in [2.24, 2.45) is 10.3 Å². The fourth-order valence-corrected chi connectivity index (χ4v) is 2.52. The molecular weight excluding hydrogens is 276 g/mol. The summed E-state index contributed by atoms with van der Waals surface area (Å²) < 4.78 is 22.8. The molecule has 0 atom stereocenters. The van der Waals surface area contributed by atoms with E-state index in [-0.39, 0.29) is 22.4 Å². The first-order valence-electron chi connectivity index (χ1n) is 4.98. The van der Waals surface area contributed by atoms with Gasteiger partial charge < -0.3 is 15.3 Å². The summed E-state index contributed by atoms with van der Waals surface area (Å²) in [6, 6.07) is 1.00. The van der Waals surface area contributed by atoms with Gasteiger partial charge in [-0.2, -0.15) is 0 Å². The highest BCUT2D eigenvalue weighted by Crippen LogP contribution is 2.33. The molecule has 1 aromatic carbocycles. The molecule has 0 heterocycles. The maximum atomic E-state index is 11.4. The molecule has 0 amide bonds. The van der Waals surface area contributed by atoms with Crippen molar-refractivity contribution in [1.82, 2.24) is 0 Å². The molecule has 0 aliphatic rings. The molecule has 0 bridgehead atoms. The molecule has 1 rings (SSSR count). The summed E-state index contributed by atoms with van der Waals surface area (Å²) in [4.78, 5) is 2.10. The number of aliphatic hydroxyl groups excluding tert-OH is 3. The summed E-state index contributed by atoms with van der Waals surface area (Å²) in [6.45, 7) is -2.02. The van der Waals surface area contributed by atoms with Gasteiger partial charge in [0.15, 0.2) is 0 Å². The number of hydrogen-bond donors (Lipinski definition) is 4. The highest BCUT2D eigenvalue weighted by molar-refractivity contribution is 7.89. The zero-order chi connectivity index (χ0) is 14.6. The van der Waals surface area contributed by atoms with Gasteiger partial charge in [0, 0.05) is 16.2 Å². The number of azide groups is 1.